The molecule has 2 rings (SSSR count). The van der Waals surface area contributed by atoms with Gasteiger partial charge in [0.15, 0.2) is 5.96 Å². The molecule has 1 aromatic heterocycles. The Hall–Kier alpha value is -1.32. The lowest BCUT2D eigenvalue weighted by Crippen LogP contribution is -2.53. The Morgan fingerprint density at radius 1 is 1.26 bits per heavy atom. The third-order valence-corrected chi connectivity index (χ3v) is 3.73. The molecule has 0 unspecified atom stereocenters. The third kappa shape index (κ3) is 6.36. The van der Waals surface area contributed by atoms with Crippen molar-refractivity contribution in [2.75, 3.05) is 39.3 Å². The Kier molecular flexibility index (Phi) is 8.97. The molecule has 1 aromatic rings. The zero-order chi connectivity index (χ0) is 15.8. The van der Waals surface area contributed by atoms with Gasteiger partial charge >= 0.3 is 0 Å². The van der Waals surface area contributed by atoms with Crippen LogP contribution in [0, 0.1) is 0 Å². The van der Waals surface area contributed by atoms with Gasteiger partial charge in [-0.25, -0.2) is 0 Å². The molecule has 1 aliphatic heterocycles. The standard InChI is InChI=1S/C15H26N6O.HI/c1-3-16-15(17-6-4-8-21-9-5-7-18-21)20-12-10-19(11-13-20)14(2)22;/h5,7,9H,3-4,6,8,10-13H2,1-2H3,(H,16,17);1H. The number of rotatable bonds is 5. The average Bonchev–Trinajstić information content (AvgIpc) is 3.04. The van der Waals surface area contributed by atoms with Gasteiger partial charge in [0.2, 0.25) is 5.91 Å². The maximum Gasteiger partial charge on any atom is 0.219 e. The predicted molar refractivity (Wildman–Crippen MR) is 102 cm³/mol. The summed E-state index contributed by atoms with van der Waals surface area (Å²) in [4.78, 5) is 20.2. The number of aliphatic imine (C=N–C) groups is 1. The van der Waals surface area contributed by atoms with Crippen LogP contribution in [0.5, 0.6) is 0 Å². The summed E-state index contributed by atoms with van der Waals surface area (Å²) >= 11 is 0. The van der Waals surface area contributed by atoms with Gasteiger partial charge in [0, 0.05) is 65.1 Å². The minimum Gasteiger partial charge on any atom is -0.357 e. The number of aryl methyl sites for hydroxylation is 1. The molecular formula is C15H27IN6O. The highest BCUT2D eigenvalue weighted by Gasteiger charge is 2.20. The van der Waals surface area contributed by atoms with Crippen LogP contribution in [0.25, 0.3) is 0 Å². The summed E-state index contributed by atoms with van der Waals surface area (Å²) in [5.74, 6) is 1.10. The normalized spacial score (nSPS) is 15.3. The first kappa shape index (κ1) is 19.7. The van der Waals surface area contributed by atoms with Gasteiger partial charge in [-0.05, 0) is 19.4 Å². The first-order valence-corrected chi connectivity index (χ1v) is 7.97. The summed E-state index contributed by atoms with van der Waals surface area (Å²) < 4.78 is 1.92. The van der Waals surface area contributed by atoms with Gasteiger partial charge in [0.25, 0.3) is 0 Å². The monoisotopic (exact) mass is 434 g/mol. The first-order valence-electron chi connectivity index (χ1n) is 7.97. The zero-order valence-electron chi connectivity index (χ0n) is 13.9. The number of piperazine rings is 1. The summed E-state index contributed by atoms with van der Waals surface area (Å²) in [7, 11) is 0. The molecule has 0 aliphatic carbocycles. The average molecular weight is 434 g/mol. The number of carbonyl (C=O) groups is 1. The second-order valence-electron chi connectivity index (χ2n) is 5.35. The molecule has 0 aromatic carbocycles. The summed E-state index contributed by atoms with van der Waals surface area (Å²) in [5, 5.41) is 7.53. The van der Waals surface area contributed by atoms with E-state index in [1.54, 1.807) is 13.1 Å². The van der Waals surface area contributed by atoms with E-state index in [1.807, 2.05) is 21.8 Å². The molecule has 0 bridgehead atoms. The topological polar surface area (TPSA) is 65.8 Å². The van der Waals surface area contributed by atoms with Crippen LogP contribution in [-0.2, 0) is 11.3 Å². The van der Waals surface area contributed by atoms with Crippen LogP contribution >= 0.6 is 24.0 Å². The van der Waals surface area contributed by atoms with Crippen molar-refractivity contribution >= 4 is 35.8 Å². The van der Waals surface area contributed by atoms with Crippen molar-refractivity contribution in [1.29, 1.82) is 0 Å². The fourth-order valence-corrected chi connectivity index (χ4v) is 2.51. The summed E-state index contributed by atoms with van der Waals surface area (Å²) in [6.45, 7) is 9.43. The van der Waals surface area contributed by atoms with Crippen molar-refractivity contribution in [2.24, 2.45) is 4.99 Å². The molecule has 7 nitrogen and oxygen atoms in total. The van der Waals surface area contributed by atoms with Gasteiger partial charge in [-0.2, -0.15) is 5.10 Å². The van der Waals surface area contributed by atoms with E-state index in [0.717, 1.165) is 58.2 Å². The van der Waals surface area contributed by atoms with Gasteiger partial charge in [-0.15, -0.1) is 24.0 Å². The number of hydrogen-bond donors (Lipinski definition) is 1. The minimum absolute atomic E-state index is 0. The SMILES string of the molecule is CCNC(=NCCCn1cccn1)N1CCN(C(C)=O)CC1.I. The molecule has 130 valence electrons. The van der Waals surface area contributed by atoms with Crippen LogP contribution in [0.15, 0.2) is 23.5 Å². The number of nitrogens with zero attached hydrogens (tertiary/aromatic N) is 5. The molecule has 2 heterocycles. The van der Waals surface area contributed by atoms with Crippen LogP contribution < -0.4 is 5.32 Å². The smallest absolute Gasteiger partial charge is 0.219 e. The molecular weight excluding hydrogens is 407 g/mol. The largest absolute Gasteiger partial charge is 0.357 e. The summed E-state index contributed by atoms with van der Waals surface area (Å²) in [6, 6.07) is 1.93. The highest BCUT2D eigenvalue weighted by molar-refractivity contribution is 14.0. The molecule has 1 saturated heterocycles. The molecule has 0 radical (unpaired) electrons. The lowest BCUT2D eigenvalue weighted by Gasteiger charge is -2.36. The highest BCUT2D eigenvalue weighted by atomic mass is 127. The second-order valence-corrected chi connectivity index (χ2v) is 5.35. The quantitative estimate of drug-likeness (QED) is 0.325. The lowest BCUT2D eigenvalue weighted by atomic mass is 10.3. The zero-order valence-corrected chi connectivity index (χ0v) is 16.3. The molecule has 0 spiro atoms. The molecule has 0 atom stereocenters. The van der Waals surface area contributed by atoms with Crippen LogP contribution in [0.3, 0.4) is 0 Å². The van der Waals surface area contributed by atoms with Crippen LogP contribution in [0.2, 0.25) is 0 Å². The lowest BCUT2D eigenvalue weighted by molar-refractivity contribution is -0.130. The number of carbonyl (C=O) groups excluding carboxylic acids is 1. The van der Waals surface area contributed by atoms with E-state index < -0.39 is 0 Å². The minimum atomic E-state index is 0. The molecule has 8 heteroatoms. The number of hydrogen-bond acceptors (Lipinski definition) is 3. The Morgan fingerprint density at radius 2 is 1.96 bits per heavy atom. The van der Waals surface area contributed by atoms with Crippen molar-refractivity contribution < 1.29 is 4.79 Å². The Morgan fingerprint density at radius 3 is 2.52 bits per heavy atom. The van der Waals surface area contributed by atoms with Crippen molar-refractivity contribution in [3.63, 3.8) is 0 Å². The van der Waals surface area contributed by atoms with Crippen molar-refractivity contribution in [3.8, 4) is 0 Å². The van der Waals surface area contributed by atoms with E-state index in [2.05, 4.69) is 22.2 Å². The molecule has 1 N–H and O–H groups in total. The summed E-state index contributed by atoms with van der Waals surface area (Å²) in [6.07, 6.45) is 4.72. The van der Waals surface area contributed by atoms with E-state index in [1.165, 1.54) is 0 Å². The van der Waals surface area contributed by atoms with E-state index in [9.17, 15) is 4.79 Å². The fourth-order valence-electron chi connectivity index (χ4n) is 2.51. The maximum atomic E-state index is 11.4. The fraction of sp³-hybridized carbons (Fsp3) is 0.667. The van der Waals surface area contributed by atoms with Crippen molar-refractivity contribution in [2.45, 2.75) is 26.8 Å². The third-order valence-electron chi connectivity index (χ3n) is 3.73. The molecule has 0 saturated carbocycles. The molecule has 1 fully saturated rings. The van der Waals surface area contributed by atoms with Gasteiger partial charge in [-0.3, -0.25) is 14.5 Å². The van der Waals surface area contributed by atoms with E-state index in [4.69, 9.17) is 4.99 Å². The first-order chi connectivity index (χ1) is 10.7. The van der Waals surface area contributed by atoms with Gasteiger partial charge in [0.05, 0.1) is 0 Å². The van der Waals surface area contributed by atoms with Gasteiger partial charge in [-0.1, -0.05) is 0 Å². The predicted octanol–water partition coefficient (Wildman–Crippen LogP) is 1.02. The van der Waals surface area contributed by atoms with E-state index in [0.29, 0.717) is 0 Å². The van der Waals surface area contributed by atoms with E-state index >= 15 is 0 Å². The van der Waals surface area contributed by atoms with Crippen LogP contribution in [0.4, 0.5) is 0 Å². The Labute approximate surface area is 155 Å². The number of halogens is 1. The maximum absolute atomic E-state index is 11.4. The second kappa shape index (κ2) is 10.5. The molecule has 1 aliphatic rings. The molecule has 1 amide bonds. The highest BCUT2D eigenvalue weighted by Crippen LogP contribution is 2.03. The number of aromatic nitrogens is 2. The summed E-state index contributed by atoms with van der Waals surface area (Å²) in [5.41, 5.74) is 0. The van der Waals surface area contributed by atoms with Crippen molar-refractivity contribution in [1.82, 2.24) is 24.9 Å². The number of nitrogens with one attached hydrogen (secondary N) is 1. The Balaban J connectivity index is 0.00000264. The number of amides is 1. The van der Waals surface area contributed by atoms with Crippen molar-refractivity contribution in [3.05, 3.63) is 18.5 Å². The molecule has 23 heavy (non-hydrogen) atoms. The number of guanidine groups is 1. The van der Waals surface area contributed by atoms with Crippen LogP contribution in [0.1, 0.15) is 20.3 Å². The van der Waals surface area contributed by atoms with E-state index in [-0.39, 0.29) is 29.9 Å². The van der Waals surface area contributed by atoms with Crippen LogP contribution in [-0.4, -0.2) is 70.7 Å². The van der Waals surface area contributed by atoms with Gasteiger partial charge in [0.1, 0.15) is 0 Å². The Bertz CT molecular complexity index is 482. The van der Waals surface area contributed by atoms with Gasteiger partial charge < -0.3 is 15.1 Å².